The molecule has 0 spiro atoms. The van der Waals surface area contributed by atoms with Crippen LogP contribution < -0.4 is 5.32 Å². The molecule has 0 aliphatic rings. The van der Waals surface area contributed by atoms with Crippen LogP contribution in [-0.4, -0.2) is 26.0 Å². The number of carboxylic acid groups (broad SMARTS) is 1. The normalized spacial score (nSPS) is 10.6. The Morgan fingerprint density at radius 2 is 2.10 bits per heavy atom. The summed E-state index contributed by atoms with van der Waals surface area (Å²) in [6, 6.07) is 4.89. The smallest absolute Gasteiger partial charge is 0.335 e. The fourth-order valence-electron chi connectivity index (χ4n) is 1.67. The molecule has 0 aliphatic carbocycles. The molecule has 0 radical (unpaired) electrons. The third-order valence-electron chi connectivity index (χ3n) is 2.79. The van der Waals surface area contributed by atoms with E-state index in [9.17, 15) is 4.79 Å². The lowest BCUT2D eigenvalue weighted by atomic mass is 10.1. The molecule has 0 bridgehead atoms. The summed E-state index contributed by atoms with van der Waals surface area (Å²) in [6.45, 7) is 4.53. The van der Waals surface area contributed by atoms with E-state index in [0.717, 1.165) is 5.69 Å². The predicted molar refractivity (Wildman–Crippen MR) is 74.6 cm³/mol. The van der Waals surface area contributed by atoms with Gasteiger partial charge in [-0.3, -0.25) is 4.98 Å². The second-order valence-corrected chi connectivity index (χ2v) is 4.68. The van der Waals surface area contributed by atoms with Crippen LogP contribution in [0.3, 0.4) is 0 Å². The second-order valence-electron chi connectivity index (χ2n) is 4.68. The van der Waals surface area contributed by atoms with Crippen molar-refractivity contribution in [2.45, 2.75) is 26.3 Å². The molecule has 20 heavy (non-hydrogen) atoms. The molecule has 2 heterocycles. The number of carbonyl (C=O) groups is 1. The van der Waals surface area contributed by atoms with Gasteiger partial charge in [-0.05, 0) is 18.1 Å². The predicted octanol–water partition coefficient (Wildman–Crippen LogP) is 2.31. The van der Waals surface area contributed by atoms with Crippen molar-refractivity contribution in [2.24, 2.45) is 0 Å². The van der Waals surface area contributed by atoms with E-state index in [-0.39, 0.29) is 5.56 Å². The molecule has 0 fully saturated rings. The number of nitrogens with one attached hydrogen (secondary N) is 1. The van der Waals surface area contributed by atoms with Crippen molar-refractivity contribution in [1.82, 2.24) is 15.0 Å². The van der Waals surface area contributed by atoms with Gasteiger partial charge in [0.15, 0.2) is 0 Å². The number of nitrogens with zero attached hydrogens (tertiary/aromatic N) is 3. The van der Waals surface area contributed by atoms with E-state index in [1.165, 1.54) is 18.6 Å². The largest absolute Gasteiger partial charge is 0.478 e. The van der Waals surface area contributed by atoms with Gasteiger partial charge in [-0.15, -0.1) is 0 Å². The minimum Gasteiger partial charge on any atom is -0.478 e. The summed E-state index contributed by atoms with van der Waals surface area (Å²) >= 11 is 0. The highest BCUT2D eigenvalue weighted by molar-refractivity contribution is 5.87. The Hall–Kier alpha value is -2.50. The van der Waals surface area contributed by atoms with E-state index >= 15 is 0 Å². The van der Waals surface area contributed by atoms with Crippen molar-refractivity contribution < 1.29 is 9.90 Å². The highest BCUT2D eigenvalue weighted by Gasteiger charge is 2.06. The average Bonchev–Trinajstić information content (AvgIpc) is 2.45. The van der Waals surface area contributed by atoms with Crippen LogP contribution in [0.25, 0.3) is 0 Å². The first kappa shape index (κ1) is 13.9. The van der Waals surface area contributed by atoms with E-state index in [0.29, 0.717) is 24.0 Å². The Morgan fingerprint density at radius 3 is 2.80 bits per heavy atom. The maximum atomic E-state index is 10.9. The third kappa shape index (κ3) is 3.50. The summed E-state index contributed by atoms with van der Waals surface area (Å²) in [5.74, 6) is 0.0658. The minimum absolute atomic E-state index is 0.224. The lowest BCUT2D eigenvalue weighted by Gasteiger charge is -2.08. The van der Waals surface area contributed by atoms with Crippen molar-refractivity contribution in [2.75, 3.05) is 5.32 Å². The molecule has 2 aromatic heterocycles. The molecule has 0 unspecified atom stereocenters. The SMILES string of the molecule is CC(C)c1cc(NCc2cc(C(=O)O)ccn2)ncn1. The lowest BCUT2D eigenvalue weighted by molar-refractivity contribution is 0.0696. The molecule has 0 saturated heterocycles. The van der Waals surface area contributed by atoms with Gasteiger partial charge in [0.1, 0.15) is 12.1 Å². The topological polar surface area (TPSA) is 88.0 Å². The van der Waals surface area contributed by atoms with E-state index in [1.807, 2.05) is 6.07 Å². The van der Waals surface area contributed by atoms with Crippen LogP contribution in [0.5, 0.6) is 0 Å². The summed E-state index contributed by atoms with van der Waals surface area (Å²) in [5, 5.41) is 12.0. The van der Waals surface area contributed by atoms with Crippen LogP contribution in [0.15, 0.2) is 30.7 Å². The number of aromatic nitrogens is 3. The molecule has 2 aromatic rings. The second kappa shape index (κ2) is 6.10. The molecular weight excluding hydrogens is 256 g/mol. The third-order valence-corrected chi connectivity index (χ3v) is 2.79. The maximum absolute atomic E-state index is 10.9. The minimum atomic E-state index is -0.960. The van der Waals surface area contributed by atoms with Crippen LogP contribution in [-0.2, 0) is 6.54 Å². The van der Waals surface area contributed by atoms with Crippen molar-refractivity contribution in [3.8, 4) is 0 Å². The Balaban J connectivity index is 2.07. The fourth-order valence-corrected chi connectivity index (χ4v) is 1.67. The Bertz CT molecular complexity index is 614. The summed E-state index contributed by atoms with van der Waals surface area (Å²) in [5.41, 5.74) is 1.83. The molecule has 6 heteroatoms. The lowest BCUT2D eigenvalue weighted by Crippen LogP contribution is -2.06. The van der Waals surface area contributed by atoms with Crippen LogP contribution in [0, 0.1) is 0 Å². The van der Waals surface area contributed by atoms with Gasteiger partial charge in [0.25, 0.3) is 0 Å². The van der Waals surface area contributed by atoms with Crippen LogP contribution in [0.1, 0.15) is 41.5 Å². The van der Waals surface area contributed by atoms with Gasteiger partial charge in [0.05, 0.1) is 17.8 Å². The number of rotatable bonds is 5. The van der Waals surface area contributed by atoms with Crippen LogP contribution in [0.2, 0.25) is 0 Å². The molecule has 2 rings (SSSR count). The van der Waals surface area contributed by atoms with Gasteiger partial charge in [0.2, 0.25) is 0 Å². The summed E-state index contributed by atoms with van der Waals surface area (Å²) in [7, 11) is 0. The number of anilines is 1. The number of pyridine rings is 1. The van der Waals surface area contributed by atoms with Crippen LogP contribution in [0.4, 0.5) is 5.82 Å². The zero-order valence-electron chi connectivity index (χ0n) is 11.4. The first-order valence-corrected chi connectivity index (χ1v) is 6.30. The van der Waals surface area contributed by atoms with Gasteiger partial charge < -0.3 is 10.4 Å². The van der Waals surface area contributed by atoms with Crippen molar-refractivity contribution in [3.05, 3.63) is 47.7 Å². The van der Waals surface area contributed by atoms with E-state index < -0.39 is 5.97 Å². The summed E-state index contributed by atoms with van der Waals surface area (Å²) in [6.07, 6.45) is 3.00. The van der Waals surface area contributed by atoms with Crippen molar-refractivity contribution >= 4 is 11.8 Å². The Labute approximate surface area is 116 Å². The van der Waals surface area contributed by atoms with Gasteiger partial charge in [-0.25, -0.2) is 14.8 Å². The molecule has 0 aromatic carbocycles. The zero-order chi connectivity index (χ0) is 14.5. The average molecular weight is 272 g/mol. The first-order chi connectivity index (χ1) is 9.56. The summed E-state index contributed by atoms with van der Waals surface area (Å²) in [4.78, 5) is 23.3. The standard InChI is InChI=1S/C14H16N4O2/c1-9(2)12-6-13(18-8-17-12)16-7-11-5-10(14(19)20)3-4-15-11/h3-6,8-9H,7H2,1-2H3,(H,19,20)(H,16,17,18). The molecular formula is C14H16N4O2. The number of hydrogen-bond acceptors (Lipinski definition) is 5. The highest BCUT2D eigenvalue weighted by Crippen LogP contribution is 2.14. The maximum Gasteiger partial charge on any atom is 0.335 e. The quantitative estimate of drug-likeness (QED) is 0.868. The molecule has 104 valence electrons. The fraction of sp³-hybridized carbons (Fsp3) is 0.286. The molecule has 0 saturated carbocycles. The molecule has 2 N–H and O–H groups in total. The van der Waals surface area contributed by atoms with Gasteiger partial charge >= 0.3 is 5.97 Å². The van der Waals surface area contributed by atoms with Gasteiger partial charge in [0, 0.05) is 18.0 Å². The Kier molecular flexibility index (Phi) is 4.24. The van der Waals surface area contributed by atoms with Crippen molar-refractivity contribution in [1.29, 1.82) is 0 Å². The van der Waals surface area contributed by atoms with Crippen molar-refractivity contribution in [3.63, 3.8) is 0 Å². The number of aromatic carboxylic acids is 1. The van der Waals surface area contributed by atoms with Crippen LogP contribution >= 0.6 is 0 Å². The van der Waals surface area contributed by atoms with Gasteiger partial charge in [-0.1, -0.05) is 13.8 Å². The first-order valence-electron chi connectivity index (χ1n) is 6.30. The Morgan fingerprint density at radius 1 is 1.30 bits per heavy atom. The molecule has 6 nitrogen and oxygen atoms in total. The summed E-state index contributed by atoms with van der Waals surface area (Å²) < 4.78 is 0. The van der Waals surface area contributed by atoms with E-state index in [2.05, 4.69) is 34.1 Å². The molecule has 0 atom stereocenters. The van der Waals surface area contributed by atoms with E-state index in [1.54, 1.807) is 6.07 Å². The zero-order valence-corrected chi connectivity index (χ0v) is 11.4. The number of carboxylic acids is 1. The number of hydrogen-bond donors (Lipinski definition) is 2. The molecule has 0 aliphatic heterocycles. The highest BCUT2D eigenvalue weighted by atomic mass is 16.4. The van der Waals surface area contributed by atoms with E-state index in [4.69, 9.17) is 5.11 Å². The monoisotopic (exact) mass is 272 g/mol. The van der Waals surface area contributed by atoms with Gasteiger partial charge in [-0.2, -0.15) is 0 Å². The molecule has 0 amide bonds.